The lowest BCUT2D eigenvalue weighted by Crippen LogP contribution is -2.45. The van der Waals surface area contributed by atoms with E-state index in [2.05, 4.69) is 79.9 Å². The van der Waals surface area contributed by atoms with Crippen LogP contribution in [0.15, 0.2) is 72.9 Å². The van der Waals surface area contributed by atoms with E-state index in [0.717, 1.165) is 64.2 Å². The molecule has 0 aliphatic heterocycles. The highest BCUT2D eigenvalue weighted by Crippen LogP contribution is 2.38. The second-order valence-electron chi connectivity index (χ2n) is 22.0. The Morgan fingerprint density at radius 2 is 0.808 bits per heavy atom. The number of allylic oxidation sites excluding steroid dienone is 11. The van der Waals surface area contributed by atoms with Gasteiger partial charge in [-0.2, -0.15) is 0 Å². The van der Waals surface area contributed by atoms with Crippen LogP contribution in [0.1, 0.15) is 277 Å². The number of likely N-dealkylation sites (N-methyl/N-ethyl adjacent to an activating group) is 1. The van der Waals surface area contributed by atoms with Crippen molar-refractivity contribution in [1.82, 2.24) is 5.32 Å². The van der Waals surface area contributed by atoms with E-state index in [1.165, 1.54) is 193 Å². The number of hydrogen-bond acceptors (Lipinski definition) is 6. The molecule has 0 aromatic rings. The van der Waals surface area contributed by atoms with Gasteiger partial charge < -0.3 is 28.8 Å². The van der Waals surface area contributed by atoms with Gasteiger partial charge in [-0.1, -0.05) is 260 Å². The summed E-state index contributed by atoms with van der Waals surface area (Å²) in [5.74, 6) is -0.210. The summed E-state index contributed by atoms with van der Waals surface area (Å²) in [5.41, 5.74) is 0. The maximum absolute atomic E-state index is 13.0. The van der Waals surface area contributed by atoms with Gasteiger partial charge in [0.15, 0.2) is 0 Å². The van der Waals surface area contributed by atoms with Crippen molar-refractivity contribution in [2.24, 2.45) is 0 Å². The topological polar surface area (TPSA) is 108 Å². The zero-order valence-corrected chi connectivity index (χ0v) is 49.5. The molecule has 2 N–H and O–H groups in total. The Morgan fingerprint density at radius 1 is 0.479 bits per heavy atom. The summed E-state index contributed by atoms with van der Waals surface area (Å²) in [6.45, 7) is 4.59. The summed E-state index contributed by atoms with van der Waals surface area (Å²) in [6.07, 6.45) is 75.8. The molecule has 0 bridgehead atoms. The molecule has 1 amide bonds. The molecule has 3 atom stereocenters. The zero-order valence-electron chi connectivity index (χ0n) is 48.6. The average Bonchev–Trinajstić information content (AvgIpc) is 3.35. The predicted octanol–water partition coefficient (Wildman–Crippen LogP) is 18.4. The molecular weight excluding hydrogens is 924 g/mol. The van der Waals surface area contributed by atoms with Gasteiger partial charge in [0, 0.05) is 6.42 Å². The van der Waals surface area contributed by atoms with Crippen LogP contribution in [0.3, 0.4) is 0 Å². The van der Waals surface area contributed by atoms with Gasteiger partial charge in [-0.3, -0.25) is 9.36 Å². The lowest BCUT2D eigenvalue weighted by Gasteiger charge is -2.29. The molecular formula is C64H119N2O6P. The van der Waals surface area contributed by atoms with Gasteiger partial charge in [0.2, 0.25) is 5.91 Å². The molecule has 0 aromatic carbocycles. The molecule has 0 heterocycles. The number of unbranched alkanes of at least 4 members (excludes halogenated alkanes) is 33. The van der Waals surface area contributed by atoms with Crippen molar-refractivity contribution in [3.05, 3.63) is 72.9 Å². The van der Waals surface area contributed by atoms with Crippen molar-refractivity contribution in [3.63, 3.8) is 0 Å². The van der Waals surface area contributed by atoms with Gasteiger partial charge in [-0.15, -0.1) is 0 Å². The van der Waals surface area contributed by atoms with E-state index in [-0.39, 0.29) is 12.5 Å². The van der Waals surface area contributed by atoms with E-state index in [1.54, 1.807) is 6.08 Å². The number of phosphoric ester groups is 1. The van der Waals surface area contributed by atoms with Gasteiger partial charge >= 0.3 is 0 Å². The monoisotopic (exact) mass is 1040 g/mol. The molecule has 0 radical (unpaired) electrons. The minimum absolute atomic E-state index is 0.00984. The Morgan fingerprint density at radius 3 is 1.22 bits per heavy atom. The molecule has 0 aromatic heterocycles. The number of quaternary nitrogens is 1. The largest absolute Gasteiger partial charge is 0.756 e. The van der Waals surface area contributed by atoms with E-state index < -0.39 is 26.6 Å². The molecule has 0 saturated carbocycles. The van der Waals surface area contributed by atoms with Gasteiger partial charge in [-0.05, 0) is 83.5 Å². The molecule has 0 fully saturated rings. The molecule has 426 valence electrons. The minimum Gasteiger partial charge on any atom is -0.756 e. The third-order valence-electron chi connectivity index (χ3n) is 13.6. The van der Waals surface area contributed by atoms with Gasteiger partial charge in [0.25, 0.3) is 7.82 Å². The van der Waals surface area contributed by atoms with Crippen LogP contribution >= 0.6 is 7.82 Å². The summed E-state index contributed by atoms with van der Waals surface area (Å²) >= 11 is 0. The molecule has 0 aliphatic carbocycles. The van der Waals surface area contributed by atoms with E-state index in [0.29, 0.717) is 17.4 Å². The van der Waals surface area contributed by atoms with Crippen LogP contribution in [0.5, 0.6) is 0 Å². The highest BCUT2D eigenvalue weighted by molar-refractivity contribution is 7.45. The number of aliphatic hydroxyl groups excluding tert-OH is 1. The normalized spacial score (nSPS) is 14.3. The van der Waals surface area contributed by atoms with Crippen molar-refractivity contribution < 1.29 is 32.9 Å². The summed E-state index contributed by atoms with van der Waals surface area (Å²) < 4.78 is 23.3. The van der Waals surface area contributed by atoms with Crippen LogP contribution < -0.4 is 10.2 Å². The second kappa shape index (κ2) is 54.7. The first-order valence-corrected chi connectivity index (χ1v) is 32.3. The number of rotatable bonds is 56. The quantitative estimate of drug-likeness (QED) is 0.0272. The number of phosphoric acid groups is 1. The van der Waals surface area contributed by atoms with Crippen molar-refractivity contribution in [2.45, 2.75) is 289 Å². The Bertz CT molecular complexity index is 1420. The van der Waals surface area contributed by atoms with Crippen LogP contribution in [0.4, 0.5) is 0 Å². The fourth-order valence-corrected chi connectivity index (χ4v) is 9.50. The summed E-state index contributed by atoms with van der Waals surface area (Å²) in [5, 5.41) is 13.8. The lowest BCUT2D eigenvalue weighted by atomic mass is 10.0. The fourth-order valence-electron chi connectivity index (χ4n) is 8.78. The first-order valence-electron chi connectivity index (χ1n) is 30.8. The number of amides is 1. The smallest absolute Gasteiger partial charge is 0.268 e. The van der Waals surface area contributed by atoms with Gasteiger partial charge in [-0.25, -0.2) is 0 Å². The second-order valence-corrected chi connectivity index (χ2v) is 23.4. The number of carbonyl (C=O) groups is 1. The number of nitrogens with zero attached hydrogens (tertiary/aromatic N) is 1. The highest BCUT2D eigenvalue weighted by Gasteiger charge is 2.23. The maximum atomic E-state index is 13.0. The maximum Gasteiger partial charge on any atom is 0.268 e. The molecule has 0 saturated heterocycles. The first-order chi connectivity index (χ1) is 35.5. The van der Waals surface area contributed by atoms with Crippen LogP contribution in [-0.4, -0.2) is 68.5 Å². The summed E-state index contributed by atoms with van der Waals surface area (Å²) in [7, 11) is 1.24. The Balaban J connectivity index is 3.98. The third-order valence-corrected chi connectivity index (χ3v) is 14.6. The highest BCUT2D eigenvalue weighted by atomic mass is 31.2. The number of nitrogens with one attached hydrogen (secondary N) is 1. The standard InChI is InChI=1S/C64H119N2O6P/c1-6-8-10-12-14-16-18-20-22-23-24-25-26-27-28-29-30-31-32-33-34-35-36-37-38-39-40-41-42-43-44-46-48-50-52-54-56-58-64(68)65-62(61-72-73(69,70)71-60-59-66(3,4)5)63(67)57-55-53-51-49-47-45-21-19-17-15-13-11-9-7-2/h17-20,23-24,26-27,47,49,55,57,62-63,67H,6-16,21-22,25,28-46,48,50-54,56,58-61H2,1-5H3,(H-,65,68,69,70)/b19-17+,20-18-,24-23-,27-26-,49-47+,57-55+. The van der Waals surface area contributed by atoms with Crippen LogP contribution in [0.25, 0.3) is 0 Å². The van der Waals surface area contributed by atoms with Crippen molar-refractivity contribution in [3.8, 4) is 0 Å². The van der Waals surface area contributed by atoms with Crippen LogP contribution in [0.2, 0.25) is 0 Å². The summed E-state index contributed by atoms with van der Waals surface area (Å²) in [6, 6.07) is -0.910. The van der Waals surface area contributed by atoms with Crippen LogP contribution in [0, 0.1) is 0 Å². The Labute approximate surface area is 453 Å². The fraction of sp³-hybridized carbons (Fsp3) is 0.797. The minimum atomic E-state index is -4.61. The van der Waals surface area contributed by atoms with E-state index >= 15 is 0 Å². The molecule has 3 unspecified atom stereocenters. The molecule has 0 spiro atoms. The lowest BCUT2D eigenvalue weighted by molar-refractivity contribution is -0.870. The Kier molecular flexibility index (Phi) is 53.2. The zero-order chi connectivity index (χ0) is 53.5. The predicted molar refractivity (Wildman–Crippen MR) is 316 cm³/mol. The van der Waals surface area contributed by atoms with E-state index in [4.69, 9.17) is 9.05 Å². The number of aliphatic hydroxyl groups is 1. The van der Waals surface area contributed by atoms with E-state index in [1.807, 2.05) is 27.2 Å². The SMILES string of the molecule is CCCCCC/C=C/CC/C=C/CC/C=C/C(O)C(COP(=O)([O-])OCC[N+](C)(C)C)NC(=O)CCCCCCCCCCCCCCCCCCCCCCCC/C=C\C/C=C\C/C=C\CCCCCCC. The third kappa shape index (κ3) is 57.5. The number of carbonyl (C=O) groups excluding carboxylic acids is 1. The van der Waals surface area contributed by atoms with Crippen molar-refractivity contribution >= 4 is 13.7 Å². The molecule has 73 heavy (non-hydrogen) atoms. The molecule has 9 heteroatoms. The van der Waals surface area contributed by atoms with Crippen LogP contribution in [-0.2, 0) is 18.4 Å². The van der Waals surface area contributed by atoms with Gasteiger partial charge in [0.05, 0.1) is 39.9 Å². The van der Waals surface area contributed by atoms with Gasteiger partial charge in [0.1, 0.15) is 13.2 Å². The van der Waals surface area contributed by atoms with E-state index in [9.17, 15) is 19.4 Å². The van der Waals surface area contributed by atoms with Crippen molar-refractivity contribution in [1.29, 1.82) is 0 Å². The first kappa shape index (κ1) is 70.9. The average molecular weight is 1040 g/mol. The molecule has 8 nitrogen and oxygen atoms in total. The number of hydrogen-bond donors (Lipinski definition) is 2. The molecule has 0 aliphatic rings. The molecule has 0 rings (SSSR count). The summed E-state index contributed by atoms with van der Waals surface area (Å²) in [4.78, 5) is 25.5. The Hall–Kier alpha value is -2.06. The van der Waals surface area contributed by atoms with Crippen molar-refractivity contribution in [2.75, 3.05) is 40.9 Å².